The van der Waals surface area contributed by atoms with E-state index in [2.05, 4.69) is 0 Å². The summed E-state index contributed by atoms with van der Waals surface area (Å²) in [6, 6.07) is 0. The monoisotopic (exact) mass is 178 g/mol. The fraction of sp³-hybridized carbons (Fsp3) is 1.00. The van der Waals surface area contributed by atoms with Crippen LogP contribution in [0.4, 0.5) is 0 Å². The van der Waals surface area contributed by atoms with Crippen LogP contribution in [0.5, 0.6) is 0 Å². The average molecular weight is 178 g/mol. The number of hydrogen-bond donors (Lipinski definition) is 3. The highest BCUT2D eigenvalue weighted by Crippen LogP contribution is 2.03. The molecule has 3 N–H and O–H groups in total. The SMILES string of the molecule is CCOCC(O)C(O)C(O)CC. The Kier molecular flexibility index (Phi) is 6.28. The Morgan fingerprint density at radius 1 is 1.08 bits per heavy atom. The maximum Gasteiger partial charge on any atom is 0.108 e. The highest BCUT2D eigenvalue weighted by atomic mass is 16.5. The zero-order valence-electron chi connectivity index (χ0n) is 7.60. The van der Waals surface area contributed by atoms with Gasteiger partial charge in [-0.2, -0.15) is 0 Å². The molecule has 0 saturated carbocycles. The molecule has 0 heterocycles. The van der Waals surface area contributed by atoms with E-state index in [0.29, 0.717) is 13.0 Å². The molecule has 12 heavy (non-hydrogen) atoms. The molecule has 4 heteroatoms. The standard InChI is InChI=1S/C8H18O4/c1-3-6(9)8(11)7(10)5-12-4-2/h6-11H,3-5H2,1-2H3. The van der Waals surface area contributed by atoms with Gasteiger partial charge in [0.15, 0.2) is 0 Å². The van der Waals surface area contributed by atoms with Crippen LogP contribution in [0.25, 0.3) is 0 Å². The molecule has 0 aliphatic rings. The molecule has 0 amide bonds. The van der Waals surface area contributed by atoms with Crippen molar-refractivity contribution in [2.24, 2.45) is 0 Å². The Hall–Kier alpha value is -0.160. The smallest absolute Gasteiger partial charge is 0.108 e. The quantitative estimate of drug-likeness (QED) is 0.513. The maximum absolute atomic E-state index is 9.23. The second kappa shape index (κ2) is 6.37. The van der Waals surface area contributed by atoms with E-state index in [1.807, 2.05) is 0 Å². The molecule has 0 aliphatic carbocycles. The van der Waals surface area contributed by atoms with Gasteiger partial charge in [0.25, 0.3) is 0 Å². The summed E-state index contributed by atoms with van der Waals surface area (Å²) in [6.07, 6.45) is -2.56. The summed E-state index contributed by atoms with van der Waals surface area (Å²) in [5, 5.41) is 27.6. The van der Waals surface area contributed by atoms with Crippen LogP contribution >= 0.6 is 0 Å². The Labute approximate surface area is 72.8 Å². The van der Waals surface area contributed by atoms with Crippen molar-refractivity contribution in [3.8, 4) is 0 Å². The van der Waals surface area contributed by atoms with Gasteiger partial charge in [0.2, 0.25) is 0 Å². The Morgan fingerprint density at radius 3 is 2.08 bits per heavy atom. The third kappa shape index (κ3) is 4.01. The third-order valence-corrected chi connectivity index (χ3v) is 1.70. The molecule has 0 rings (SSSR count). The van der Waals surface area contributed by atoms with E-state index in [0.717, 1.165) is 0 Å². The lowest BCUT2D eigenvalue weighted by molar-refractivity contribution is -0.0871. The van der Waals surface area contributed by atoms with Crippen molar-refractivity contribution in [1.82, 2.24) is 0 Å². The molecule has 4 nitrogen and oxygen atoms in total. The molecule has 3 unspecified atom stereocenters. The summed E-state index contributed by atoms with van der Waals surface area (Å²) in [6.45, 7) is 4.09. The van der Waals surface area contributed by atoms with Crippen LogP contribution in [0.2, 0.25) is 0 Å². The van der Waals surface area contributed by atoms with Crippen molar-refractivity contribution in [3.63, 3.8) is 0 Å². The summed E-state index contributed by atoms with van der Waals surface area (Å²) in [4.78, 5) is 0. The Bertz CT molecular complexity index is 107. The van der Waals surface area contributed by atoms with E-state index in [1.54, 1.807) is 13.8 Å². The number of rotatable bonds is 6. The van der Waals surface area contributed by atoms with Gasteiger partial charge >= 0.3 is 0 Å². The first-order chi connectivity index (χ1) is 5.63. The average Bonchev–Trinajstić information content (AvgIpc) is 2.11. The second-order valence-corrected chi connectivity index (χ2v) is 2.69. The third-order valence-electron chi connectivity index (χ3n) is 1.70. The number of hydrogen-bond acceptors (Lipinski definition) is 4. The summed E-state index contributed by atoms with van der Waals surface area (Å²) in [5.41, 5.74) is 0. The highest BCUT2D eigenvalue weighted by molar-refractivity contribution is 4.73. The topological polar surface area (TPSA) is 69.9 Å². The van der Waals surface area contributed by atoms with Crippen LogP contribution in [0.15, 0.2) is 0 Å². The van der Waals surface area contributed by atoms with E-state index in [9.17, 15) is 10.2 Å². The maximum atomic E-state index is 9.23. The van der Waals surface area contributed by atoms with E-state index in [1.165, 1.54) is 0 Å². The number of ether oxygens (including phenoxy) is 1. The molecule has 0 radical (unpaired) electrons. The predicted molar refractivity (Wildman–Crippen MR) is 44.8 cm³/mol. The van der Waals surface area contributed by atoms with Crippen molar-refractivity contribution in [1.29, 1.82) is 0 Å². The van der Waals surface area contributed by atoms with Crippen LogP contribution in [-0.2, 0) is 4.74 Å². The lowest BCUT2D eigenvalue weighted by atomic mass is 10.1. The van der Waals surface area contributed by atoms with Crippen LogP contribution in [0, 0.1) is 0 Å². The first-order valence-corrected chi connectivity index (χ1v) is 4.25. The molecule has 74 valence electrons. The van der Waals surface area contributed by atoms with Gasteiger partial charge in [-0.15, -0.1) is 0 Å². The van der Waals surface area contributed by atoms with Gasteiger partial charge < -0.3 is 20.1 Å². The van der Waals surface area contributed by atoms with E-state index in [-0.39, 0.29) is 6.61 Å². The fourth-order valence-corrected chi connectivity index (χ4v) is 0.835. The lowest BCUT2D eigenvalue weighted by Crippen LogP contribution is -2.39. The summed E-state index contributed by atoms with van der Waals surface area (Å²) >= 11 is 0. The van der Waals surface area contributed by atoms with Crippen molar-refractivity contribution >= 4 is 0 Å². The predicted octanol–water partition coefficient (Wildman–Crippen LogP) is -0.484. The summed E-state index contributed by atoms with van der Waals surface area (Å²) in [5.74, 6) is 0. The second-order valence-electron chi connectivity index (χ2n) is 2.69. The van der Waals surface area contributed by atoms with Crippen LogP contribution < -0.4 is 0 Å². The van der Waals surface area contributed by atoms with Crippen molar-refractivity contribution < 1.29 is 20.1 Å². The van der Waals surface area contributed by atoms with Gasteiger partial charge in [-0.25, -0.2) is 0 Å². The molecule has 0 saturated heterocycles. The van der Waals surface area contributed by atoms with Crippen molar-refractivity contribution in [2.75, 3.05) is 13.2 Å². The minimum absolute atomic E-state index is 0.0642. The van der Waals surface area contributed by atoms with Crippen molar-refractivity contribution in [2.45, 2.75) is 38.6 Å². The van der Waals surface area contributed by atoms with Crippen molar-refractivity contribution in [3.05, 3.63) is 0 Å². The highest BCUT2D eigenvalue weighted by Gasteiger charge is 2.22. The summed E-state index contributed by atoms with van der Waals surface area (Å²) in [7, 11) is 0. The molecule has 0 aromatic rings. The molecule has 0 aromatic carbocycles. The zero-order chi connectivity index (χ0) is 9.56. The first kappa shape index (κ1) is 11.8. The van der Waals surface area contributed by atoms with Gasteiger partial charge in [0.1, 0.15) is 12.2 Å². The Morgan fingerprint density at radius 2 is 1.67 bits per heavy atom. The molecular weight excluding hydrogens is 160 g/mol. The molecule has 3 atom stereocenters. The normalized spacial score (nSPS) is 18.8. The molecule has 0 bridgehead atoms. The van der Waals surface area contributed by atoms with Crippen LogP contribution in [0.3, 0.4) is 0 Å². The first-order valence-electron chi connectivity index (χ1n) is 4.25. The minimum atomic E-state index is -1.11. The number of aliphatic hydroxyl groups is 3. The van der Waals surface area contributed by atoms with Gasteiger partial charge in [-0.05, 0) is 13.3 Å². The Balaban J connectivity index is 3.67. The number of aliphatic hydroxyl groups excluding tert-OH is 3. The van der Waals surface area contributed by atoms with E-state index < -0.39 is 18.3 Å². The lowest BCUT2D eigenvalue weighted by Gasteiger charge is -2.21. The van der Waals surface area contributed by atoms with Crippen LogP contribution in [-0.4, -0.2) is 46.8 Å². The van der Waals surface area contributed by atoms with Crippen LogP contribution in [0.1, 0.15) is 20.3 Å². The largest absolute Gasteiger partial charge is 0.390 e. The van der Waals surface area contributed by atoms with Gasteiger partial charge in [0.05, 0.1) is 12.7 Å². The molecular formula is C8H18O4. The molecule has 0 aromatic heterocycles. The fourth-order valence-electron chi connectivity index (χ4n) is 0.835. The molecule has 0 fully saturated rings. The zero-order valence-corrected chi connectivity index (χ0v) is 7.60. The van der Waals surface area contributed by atoms with E-state index >= 15 is 0 Å². The molecule has 0 aliphatic heterocycles. The van der Waals surface area contributed by atoms with Gasteiger partial charge in [0, 0.05) is 6.61 Å². The molecule has 0 spiro atoms. The van der Waals surface area contributed by atoms with E-state index in [4.69, 9.17) is 9.84 Å². The van der Waals surface area contributed by atoms with Gasteiger partial charge in [-0.1, -0.05) is 6.92 Å². The van der Waals surface area contributed by atoms with Gasteiger partial charge in [-0.3, -0.25) is 0 Å². The summed E-state index contributed by atoms with van der Waals surface area (Å²) < 4.78 is 4.89. The minimum Gasteiger partial charge on any atom is -0.390 e.